The topological polar surface area (TPSA) is 44.1 Å². The summed E-state index contributed by atoms with van der Waals surface area (Å²) in [5.74, 6) is -0.198. The summed E-state index contributed by atoms with van der Waals surface area (Å²) < 4.78 is 0. The van der Waals surface area contributed by atoms with Crippen LogP contribution in [-0.4, -0.2) is 17.7 Å². The van der Waals surface area contributed by atoms with E-state index in [4.69, 9.17) is 5.26 Å². The van der Waals surface area contributed by atoms with Crippen molar-refractivity contribution in [3.05, 3.63) is 35.7 Å². The predicted octanol–water partition coefficient (Wildman–Crippen LogP) is 1.37. The summed E-state index contributed by atoms with van der Waals surface area (Å²) in [5.41, 5.74) is 0.883. The highest BCUT2D eigenvalue weighted by molar-refractivity contribution is 5.99. The van der Waals surface area contributed by atoms with Gasteiger partial charge < -0.3 is 4.90 Å². The van der Waals surface area contributed by atoms with Crippen molar-refractivity contribution in [1.29, 1.82) is 5.26 Å². The van der Waals surface area contributed by atoms with Gasteiger partial charge in [-0.25, -0.2) is 0 Å². The van der Waals surface area contributed by atoms with Crippen molar-refractivity contribution in [3.8, 4) is 6.07 Å². The maximum atomic E-state index is 11.0. The lowest BCUT2D eigenvalue weighted by Gasteiger charge is -2.12. The zero-order valence-corrected chi connectivity index (χ0v) is 7.61. The van der Waals surface area contributed by atoms with Crippen LogP contribution < -0.4 is 0 Å². The van der Waals surface area contributed by atoms with E-state index in [0.717, 1.165) is 0 Å². The molecule has 0 unspecified atom stereocenters. The minimum Gasteiger partial charge on any atom is -0.357 e. The van der Waals surface area contributed by atoms with Crippen LogP contribution in [0.1, 0.15) is 6.92 Å². The van der Waals surface area contributed by atoms with E-state index < -0.39 is 0 Å². The third-order valence-electron chi connectivity index (χ3n) is 1.73. The average molecular weight is 174 g/mol. The van der Waals surface area contributed by atoms with Gasteiger partial charge in [0.15, 0.2) is 5.78 Å². The molecule has 1 rings (SSSR count). The van der Waals surface area contributed by atoms with Crippen molar-refractivity contribution in [2.24, 2.45) is 0 Å². The predicted molar refractivity (Wildman–Crippen MR) is 49.4 cm³/mol. The molecule has 0 N–H and O–H groups in total. The Morgan fingerprint density at radius 3 is 2.38 bits per heavy atom. The molecule has 1 aliphatic rings. The minimum absolute atomic E-state index is 0.198. The molecular formula is C10H10N2O. The highest BCUT2D eigenvalue weighted by Crippen LogP contribution is 2.13. The molecule has 3 heteroatoms. The van der Waals surface area contributed by atoms with Crippen LogP contribution >= 0.6 is 0 Å². The van der Waals surface area contributed by atoms with Gasteiger partial charge in [-0.2, -0.15) is 5.26 Å². The fourth-order valence-electron chi connectivity index (χ4n) is 1.01. The number of allylic oxidation sites excluding steroid dienone is 4. The Kier molecular flexibility index (Phi) is 2.65. The SMILES string of the molecule is CC(=O)C(C#N)=C1C=CN(C)C=C1. The van der Waals surface area contributed by atoms with E-state index in [1.54, 1.807) is 24.6 Å². The van der Waals surface area contributed by atoms with E-state index in [1.165, 1.54) is 6.92 Å². The maximum absolute atomic E-state index is 11.0. The van der Waals surface area contributed by atoms with E-state index in [0.29, 0.717) is 5.57 Å². The Bertz CT molecular complexity index is 340. The number of nitriles is 1. The van der Waals surface area contributed by atoms with Crippen LogP contribution in [0.3, 0.4) is 0 Å². The van der Waals surface area contributed by atoms with Crippen molar-refractivity contribution in [2.75, 3.05) is 7.05 Å². The first-order valence-electron chi connectivity index (χ1n) is 3.89. The van der Waals surface area contributed by atoms with Gasteiger partial charge in [0.25, 0.3) is 0 Å². The summed E-state index contributed by atoms with van der Waals surface area (Å²) in [6, 6.07) is 1.90. The molecule has 1 heterocycles. The van der Waals surface area contributed by atoms with Crippen LogP contribution in [-0.2, 0) is 4.79 Å². The van der Waals surface area contributed by atoms with Gasteiger partial charge in [-0.3, -0.25) is 4.79 Å². The van der Waals surface area contributed by atoms with Crippen LogP contribution in [0.15, 0.2) is 35.7 Å². The number of carbonyl (C=O) groups excluding carboxylic acids is 1. The maximum Gasteiger partial charge on any atom is 0.170 e. The van der Waals surface area contributed by atoms with Gasteiger partial charge in [0.2, 0.25) is 0 Å². The molecule has 0 aromatic heterocycles. The number of nitrogens with zero attached hydrogens (tertiary/aromatic N) is 2. The van der Waals surface area contributed by atoms with Crippen molar-refractivity contribution in [2.45, 2.75) is 6.92 Å². The monoisotopic (exact) mass is 174 g/mol. The standard InChI is InChI=1S/C10H10N2O/c1-8(13)10(7-11)9-3-5-12(2)6-4-9/h3-6H,1-2H3. The van der Waals surface area contributed by atoms with Crippen molar-refractivity contribution in [1.82, 2.24) is 4.90 Å². The van der Waals surface area contributed by atoms with Gasteiger partial charge >= 0.3 is 0 Å². The molecule has 0 aromatic carbocycles. The van der Waals surface area contributed by atoms with E-state index in [-0.39, 0.29) is 11.4 Å². The lowest BCUT2D eigenvalue weighted by molar-refractivity contribution is -0.113. The third-order valence-corrected chi connectivity index (χ3v) is 1.73. The third kappa shape index (κ3) is 2.06. The summed E-state index contributed by atoms with van der Waals surface area (Å²) >= 11 is 0. The quantitative estimate of drug-likeness (QED) is 0.445. The highest BCUT2D eigenvalue weighted by Gasteiger charge is 2.08. The molecule has 0 saturated carbocycles. The molecule has 0 saturated heterocycles. The lowest BCUT2D eigenvalue weighted by atomic mass is 10.0. The number of hydrogen-bond donors (Lipinski definition) is 0. The van der Waals surface area contributed by atoms with Crippen LogP contribution in [0.2, 0.25) is 0 Å². The smallest absolute Gasteiger partial charge is 0.170 e. The van der Waals surface area contributed by atoms with Crippen LogP contribution in [0.25, 0.3) is 0 Å². The van der Waals surface area contributed by atoms with E-state index in [9.17, 15) is 4.79 Å². The van der Waals surface area contributed by atoms with Gasteiger partial charge in [-0.15, -0.1) is 0 Å². The van der Waals surface area contributed by atoms with Crippen LogP contribution in [0.4, 0.5) is 0 Å². The fourth-order valence-corrected chi connectivity index (χ4v) is 1.01. The molecule has 0 aromatic rings. The molecule has 3 nitrogen and oxygen atoms in total. The zero-order chi connectivity index (χ0) is 9.84. The normalized spacial score (nSPS) is 14.2. The summed E-state index contributed by atoms with van der Waals surface area (Å²) in [5, 5.41) is 8.70. The molecule has 0 amide bonds. The summed E-state index contributed by atoms with van der Waals surface area (Å²) in [7, 11) is 1.88. The Morgan fingerprint density at radius 1 is 1.46 bits per heavy atom. The summed E-state index contributed by atoms with van der Waals surface area (Å²) in [6.45, 7) is 1.39. The number of rotatable bonds is 1. The van der Waals surface area contributed by atoms with Gasteiger partial charge in [0, 0.05) is 19.4 Å². The molecule has 0 radical (unpaired) electrons. The van der Waals surface area contributed by atoms with E-state index in [1.807, 2.05) is 18.0 Å². The Hall–Kier alpha value is -1.82. The van der Waals surface area contributed by atoms with E-state index >= 15 is 0 Å². The molecule has 1 aliphatic heterocycles. The summed E-state index contributed by atoms with van der Waals surface area (Å²) in [4.78, 5) is 12.8. The Labute approximate surface area is 77.3 Å². The number of Topliss-reactive ketones (excluding diaryl/α,β-unsaturated/α-hetero) is 1. The molecule has 0 aliphatic carbocycles. The zero-order valence-electron chi connectivity index (χ0n) is 7.61. The Balaban J connectivity index is 3.07. The molecular weight excluding hydrogens is 164 g/mol. The first kappa shape index (κ1) is 9.27. The number of ketones is 1. The number of carbonyl (C=O) groups is 1. The first-order chi connectivity index (χ1) is 6.15. The van der Waals surface area contributed by atoms with Gasteiger partial charge in [-0.05, 0) is 24.6 Å². The molecule has 0 bridgehead atoms. The second-order valence-corrected chi connectivity index (χ2v) is 2.80. The number of hydrogen-bond acceptors (Lipinski definition) is 3. The molecule has 13 heavy (non-hydrogen) atoms. The van der Waals surface area contributed by atoms with Crippen molar-refractivity contribution < 1.29 is 4.79 Å². The summed E-state index contributed by atoms with van der Waals surface area (Å²) in [6.07, 6.45) is 7.10. The van der Waals surface area contributed by atoms with Gasteiger partial charge in [0.05, 0.1) is 0 Å². The molecule has 66 valence electrons. The Morgan fingerprint density at radius 2 is 2.00 bits per heavy atom. The second kappa shape index (κ2) is 3.72. The molecule has 0 fully saturated rings. The second-order valence-electron chi connectivity index (χ2n) is 2.80. The van der Waals surface area contributed by atoms with Crippen LogP contribution in [0, 0.1) is 11.3 Å². The highest BCUT2D eigenvalue weighted by atomic mass is 16.1. The average Bonchev–Trinajstić information content (AvgIpc) is 2.09. The molecule has 0 spiro atoms. The van der Waals surface area contributed by atoms with Crippen LogP contribution in [0.5, 0.6) is 0 Å². The fraction of sp³-hybridized carbons (Fsp3) is 0.200. The van der Waals surface area contributed by atoms with Crippen molar-refractivity contribution in [3.63, 3.8) is 0 Å². The molecule has 0 atom stereocenters. The van der Waals surface area contributed by atoms with Gasteiger partial charge in [-0.1, -0.05) is 0 Å². The minimum atomic E-state index is -0.198. The lowest BCUT2D eigenvalue weighted by Crippen LogP contribution is -2.06. The first-order valence-corrected chi connectivity index (χ1v) is 3.89. The van der Waals surface area contributed by atoms with E-state index in [2.05, 4.69) is 0 Å². The van der Waals surface area contributed by atoms with Crippen molar-refractivity contribution >= 4 is 5.78 Å². The van der Waals surface area contributed by atoms with Gasteiger partial charge in [0.1, 0.15) is 11.6 Å². The largest absolute Gasteiger partial charge is 0.357 e.